The van der Waals surface area contributed by atoms with Crippen molar-refractivity contribution in [2.45, 2.75) is 25.8 Å². The summed E-state index contributed by atoms with van der Waals surface area (Å²) in [7, 11) is 1.47. The largest absolute Gasteiger partial charge is 0.478 e. The maximum atomic E-state index is 11.7. The molecule has 0 bridgehead atoms. The Hall–Kier alpha value is -2.18. The number of hydrogen-bond donors (Lipinski definition) is 1. The molecule has 0 radical (unpaired) electrons. The molecule has 1 aromatic heterocycles. The van der Waals surface area contributed by atoms with Gasteiger partial charge in [0.25, 0.3) is 5.91 Å². The first kappa shape index (κ1) is 13.3. The number of rotatable bonds is 5. The number of nitrogens with one attached hydrogen (secondary N) is 1. The molecule has 1 aromatic rings. The van der Waals surface area contributed by atoms with Crippen LogP contribution in [0, 0.1) is 0 Å². The summed E-state index contributed by atoms with van der Waals surface area (Å²) in [6.07, 6.45) is 2.55. The molecule has 0 spiro atoms. The van der Waals surface area contributed by atoms with Crippen molar-refractivity contribution in [3.05, 3.63) is 12.3 Å². The maximum absolute atomic E-state index is 11.7. The van der Waals surface area contributed by atoms with Gasteiger partial charge in [-0.3, -0.25) is 14.5 Å². The van der Waals surface area contributed by atoms with Gasteiger partial charge >= 0.3 is 0 Å². The van der Waals surface area contributed by atoms with Gasteiger partial charge in [-0.25, -0.2) is 4.98 Å². The minimum Gasteiger partial charge on any atom is -0.478 e. The monoisotopic (exact) mass is 264 g/mol. The Morgan fingerprint density at radius 3 is 2.95 bits per heavy atom. The molecule has 7 heteroatoms. The molecule has 1 unspecified atom stereocenters. The molecule has 0 aliphatic carbocycles. The van der Waals surface area contributed by atoms with Crippen LogP contribution in [0.25, 0.3) is 0 Å². The molecule has 2 amide bonds. The Balaban J connectivity index is 2.03. The molecule has 1 aliphatic rings. The summed E-state index contributed by atoms with van der Waals surface area (Å²) in [5.41, 5.74) is 0. The number of ether oxygens (including phenoxy) is 1. The zero-order chi connectivity index (χ0) is 13.8. The van der Waals surface area contributed by atoms with Gasteiger partial charge in [0, 0.05) is 19.3 Å². The van der Waals surface area contributed by atoms with E-state index in [0.717, 1.165) is 11.3 Å². The van der Waals surface area contributed by atoms with E-state index in [1.54, 1.807) is 12.3 Å². The first-order valence-corrected chi connectivity index (χ1v) is 6.14. The average Bonchev–Trinajstić information content (AvgIpc) is 2.64. The fourth-order valence-corrected chi connectivity index (χ4v) is 1.72. The molecule has 1 N–H and O–H groups in total. The van der Waals surface area contributed by atoms with Crippen molar-refractivity contribution in [3.63, 3.8) is 0 Å². The number of aromatic nitrogens is 2. The Kier molecular flexibility index (Phi) is 3.94. The second-order valence-electron chi connectivity index (χ2n) is 4.26. The highest BCUT2D eigenvalue weighted by atomic mass is 16.5. The van der Waals surface area contributed by atoms with E-state index in [4.69, 9.17) is 4.74 Å². The normalized spacial score (nSPS) is 18.8. The van der Waals surface area contributed by atoms with Gasteiger partial charge in [0.15, 0.2) is 0 Å². The van der Waals surface area contributed by atoms with Crippen molar-refractivity contribution in [1.29, 1.82) is 0 Å². The van der Waals surface area contributed by atoms with E-state index < -0.39 is 6.04 Å². The molecule has 2 rings (SSSR count). The van der Waals surface area contributed by atoms with Crippen LogP contribution in [-0.2, 0) is 9.59 Å². The number of likely N-dealkylation sites (N-methyl/N-ethyl adjacent to an activating group) is 1. The van der Waals surface area contributed by atoms with Gasteiger partial charge in [-0.1, -0.05) is 6.92 Å². The third-order valence-corrected chi connectivity index (χ3v) is 2.77. The standard InChI is InChI=1S/C12H16N4O3/c1-3-6-19-9-4-5-13-12(15-9)14-8-7-10(17)16(2)11(8)18/h4-5,8H,3,6-7H2,1-2H3,(H,13,14,15). The van der Waals surface area contributed by atoms with Crippen molar-refractivity contribution in [2.24, 2.45) is 0 Å². The quantitative estimate of drug-likeness (QED) is 0.777. The zero-order valence-corrected chi connectivity index (χ0v) is 10.9. The zero-order valence-electron chi connectivity index (χ0n) is 10.9. The molecule has 7 nitrogen and oxygen atoms in total. The molecule has 0 aromatic carbocycles. The van der Waals surface area contributed by atoms with E-state index in [0.29, 0.717) is 12.5 Å². The van der Waals surface area contributed by atoms with Gasteiger partial charge in [-0.05, 0) is 6.42 Å². The molecule has 2 heterocycles. The molecule has 1 fully saturated rings. The molecular formula is C12H16N4O3. The molecule has 0 saturated carbocycles. The molecule has 19 heavy (non-hydrogen) atoms. The smallest absolute Gasteiger partial charge is 0.252 e. The van der Waals surface area contributed by atoms with Crippen molar-refractivity contribution >= 4 is 17.8 Å². The summed E-state index contributed by atoms with van der Waals surface area (Å²) < 4.78 is 5.38. The second-order valence-corrected chi connectivity index (χ2v) is 4.26. The Morgan fingerprint density at radius 2 is 2.32 bits per heavy atom. The van der Waals surface area contributed by atoms with Gasteiger partial charge in [0.05, 0.1) is 13.0 Å². The lowest BCUT2D eigenvalue weighted by molar-refractivity contribution is -0.136. The summed E-state index contributed by atoms with van der Waals surface area (Å²) in [6, 6.07) is 1.05. The van der Waals surface area contributed by atoms with E-state index in [1.807, 2.05) is 6.92 Å². The Morgan fingerprint density at radius 1 is 1.53 bits per heavy atom. The SMILES string of the molecule is CCCOc1ccnc(NC2CC(=O)N(C)C2=O)n1. The van der Waals surface area contributed by atoms with Crippen LogP contribution < -0.4 is 10.1 Å². The van der Waals surface area contributed by atoms with Gasteiger partial charge in [0.2, 0.25) is 17.7 Å². The summed E-state index contributed by atoms with van der Waals surface area (Å²) in [6.45, 7) is 2.57. The minimum atomic E-state index is -0.598. The lowest BCUT2D eigenvalue weighted by Gasteiger charge is -2.11. The topological polar surface area (TPSA) is 84.4 Å². The third-order valence-electron chi connectivity index (χ3n) is 2.77. The van der Waals surface area contributed by atoms with E-state index in [-0.39, 0.29) is 24.2 Å². The van der Waals surface area contributed by atoms with Crippen LogP contribution in [0.1, 0.15) is 19.8 Å². The first-order chi connectivity index (χ1) is 9.11. The van der Waals surface area contributed by atoms with E-state index in [9.17, 15) is 9.59 Å². The Bertz CT molecular complexity index is 492. The second kappa shape index (κ2) is 5.64. The molecule has 1 aliphatic heterocycles. The van der Waals surface area contributed by atoms with Gasteiger partial charge in [-0.15, -0.1) is 0 Å². The number of hydrogen-bond acceptors (Lipinski definition) is 6. The maximum Gasteiger partial charge on any atom is 0.252 e. The van der Waals surface area contributed by atoms with Crippen LogP contribution in [0.3, 0.4) is 0 Å². The predicted octanol–water partition coefficient (Wildman–Crippen LogP) is 0.435. The van der Waals surface area contributed by atoms with E-state index in [2.05, 4.69) is 15.3 Å². The molecule has 1 saturated heterocycles. The van der Waals surface area contributed by atoms with Gasteiger partial charge in [-0.2, -0.15) is 4.98 Å². The first-order valence-electron chi connectivity index (χ1n) is 6.14. The van der Waals surface area contributed by atoms with Crippen molar-refractivity contribution < 1.29 is 14.3 Å². The predicted molar refractivity (Wildman–Crippen MR) is 67.6 cm³/mol. The van der Waals surface area contributed by atoms with Crippen LogP contribution >= 0.6 is 0 Å². The minimum absolute atomic E-state index is 0.124. The summed E-state index contributed by atoms with van der Waals surface area (Å²) in [4.78, 5) is 32.4. The van der Waals surface area contributed by atoms with Crippen LogP contribution in [0.2, 0.25) is 0 Å². The van der Waals surface area contributed by atoms with Crippen molar-refractivity contribution in [1.82, 2.24) is 14.9 Å². The van der Waals surface area contributed by atoms with Gasteiger partial charge in [0.1, 0.15) is 6.04 Å². The van der Waals surface area contributed by atoms with Crippen LogP contribution in [0.5, 0.6) is 5.88 Å². The van der Waals surface area contributed by atoms with Crippen molar-refractivity contribution in [3.8, 4) is 5.88 Å². The van der Waals surface area contributed by atoms with E-state index in [1.165, 1.54) is 7.05 Å². The van der Waals surface area contributed by atoms with Crippen LogP contribution in [0.15, 0.2) is 12.3 Å². The Labute approximate surface area is 111 Å². The number of anilines is 1. The third kappa shape index (κ3) is 2.98. The highest BCUT2D eigenvalue weighted by molar-refractivity contribution is 6.06. The number of likely N-dealkylation sites (tertiary alicyclic amines) is 1. The van der Waals surface area contributed by atoms with E-state index >= 15 is 0 Å². The number of imide groups is 1. The highest BCUT2D eigenvalue weighted by Crippen LogP contribution is 2.16. The summed E-state index contributed by atoms with van der Waals surface area (Å²) in [5, 5.41) is 2.85. The number of carbonyl (C=O) groups is 2. The van der Waals surface area contributed by atoms with Crippen molar-refractivity contribution in [2.75, 3.05) is 19.0 Å². The fourth-order valence-electron chi connectivity index (χ4n) is 1.72. The van der Waals surface area contributed by atoms with Crippen LogP contribution in [0.4, 0.5) is 5.95 Å². The lowest BCUT2D eigenvalue weighted by Crippen LogP contribution is -2.32. The molecular weight excluding hydrogens is 248 g/mol. The summed E-state index contributed by atoms with van der Waals surface area (Å²) in [5.74, 6) is 0.258. The lowest BCUT2D eigenvalue weighted by atomic mass is 10.2. The molecule has 1 atom stereocenters. The number of nitrogens with zero attached hydrogens (tertiary/aromatic N) is 3. The number of carbonyl (C=O) groups excluding carboxylic acids is 2. The van der Waals surface area contributed by atoms with Gasteiger partial charge < -0.3 is 10.1 Å². The summed E-state index contributed by atoms with van der Waals surface area (Å²) >= 11 is 0. The van der Waals surface area contributed by atoms with Crippen LogP contribution in [-0.4, -0.2) is 46.4 Å². The number of amides is 2. The molecule has 102 valence electrons. The fraction of sp³-hybridized carbons (Fsp3) is 0.500. The average molecular weight is 264 g/mol. The highest BCUT2D eigenvalue weighted by Gasteiger charge is 2.36.